The third-order valence-electron chi connectivity index (χ3n) is 4.50. The van der Waals surface area contributed by atoms with Crippen LogP contribution in [-0.2, 0) is 19.7 Å². The Morgan fingerprint density at radius 3 is 2.50 bits per heavy atom. The second kappa shape index (κ2) is 7.40. The van der Waals surface area contributed by atoms with Crippen LogP contribution in [-0.4, -0.2) is 29.2 Å². The van der Waals surface area contributed by atoms with Crippen LogP contribution in [0.25, 0.3) is 0 Å². The highest BCUT2D eigenvalue weighted by Gasteiger charge is 2.43. The normalized spacial score (nSPS) is 18.4. The second-order valence-corrected chi connectivity index (χ2v) is 10.5. The largest absolute Gasteiger partial charge is 0.494 e. The Balaban J connectivity index is 1.96. The summed E-state index contributed by atoms with van der Waals surface area (Å²) in [5.41, 5.74) is 0.307. The maximum atomic E-state index is 13.0. The van der Waals surface area contributed by atoms with Gasteiger partial charge < -0.3 is 4.74 Å². The zero-order valence-corrected chi connectivity index (χ0v) is 16.2. The molecule has 140 valence electrons. The lowest BCUT2D eigenvalue weighted by atomic mass is 10.1. The van der Waals surface area contributed by atoms with Crippen molar-refractivity contribution in [3.05, 3.63) is 54.1 Å². The molecule has 7 heteroatoms. The van der Waals surface area contributed by atoms with E-state index in [1.807, 2.05) is 0 Å². The first kappa shape index (κ1) is 18.9. The van der Waals surface area contributed by atoms with Gasteiger partial charge in [-0.05, 0) is 42.3 Å². The molecule has 0 bridgehead atoms. The van der Waals surface area contributed by atoms with Crippen molar-refractivity contribution in [3.8, 4) is 5.75 Å². The van der Waals surface area contributed by atoms with E-state index in [1.54, 1.807) is 30.3 Å². The highest BCUT2D eigenvalue weighted by atomic mass is 32.2. The molecule has 0 aromatic heterocycles. The molecule has 0 N–H and O–H groups in total. The van der Waals surface area contributed by atoms with Crippen molar-refractivity contribution in [2.75, 3.05) is 12.4 Å². The predicted molar refractivity (Wildman–Crippen MR) is 99.9 cm³/mol. The Bertz CT molecular complexity index is 980. The summed E-state index contributed by atoms with van der Waals surface area (Å²) in [5.74, 6) is 0.0731. The maximum Gasteiger partial charge on any atom is 0.186 e. The third-order valence-corrected chi connectivity index (χ3v) is 8.62. The molecule has 3 rings (SSSR count). The van der Waals surface area contributed by atoms with Crippen LogP contribution in [0.1, 0.15) is 37.0 Å². The van der Waals surface area contributed by atoms with Gasteiger partial charge in [-0.25, -0.2) is 16.8 Å². The minimum absolute atomic E-state index is 0.0860. The SMILES string of the molecule is CCCCCOc1ccc2c(c1)C(S(=O)(=O)c1ccccc1)CS2(=O)=O. The van der Waals surface area contributed by atoms with Crippen molar-refractivity contribution in [2.45, 2.75) is 41.2 Å². The zero-order chi connectivity index (χ0) is 18.8. The number of rotatable bonds is 7. The van der Waals surface area contributed by atoms with Gasteiger partial charge in [0.1, 0.15) is 11.0 Å². The minimum atomic E-state index is -3.80. The van der Waals surface area contributed by atoms with Gasteiger partial charge in [0, 0.05) is 0 Å². The Hall–Kier alpha value is -1.86. The highest BCUT2D eigenvalue weighted by Crippen LogP contribution is 2.42. The van der Waals surface area contributed by atoms with Gasteiger partial charge in [-0.15, -0.1) is 0 Å². The van der Waals surface area contributed by atoms with Crippen LogP contribution in [0.2, 0.25) is 0 Å². The summed E-state index contributed by atoms with van der Waals surface area (Å²) in [6.07, 6.45) is 3.02. The van der Waals surface area contributed by atoms with E-state index in [1.165, 1.54) is 18.2 Å². The molecule has 1 unspecified atom stereocenters. The van der Waals surface area contributed by atoms with E-state index < -0.39 is 30.7 Å². The van der Waals surface area contributed by atoms with Crippen LogP contribution in [0, 0.1) is 0 Å². The van der Waals surface area contributed by atoms with Gasteiger partial charge in [-0.1, -0.05) is 38.0 Å². The second-order valence-electron chi connectivity index (χ2n) is 6.38. The Kier molecular flexibility index (Phi) is 5.39. The van der Waals surface area contributed by atoms with E-state index in [0.717, 1.165) is 19.3 Å². The lowest BCUT2D eigenvalue weighted by molar-refractivity contribution is 0.306. The van der Waals surface area contributed by atoms with Crippen LogP contribution in [0.3, 0.4) is 0 Å². The van der Waals surface area contributed by atoms with E-state index in [0.29, 0.717) is 17.9 Å². The minimum Gasteiger partial charge on any atom is -0.494 e. The monoisotopic (exact) mass is 394 g/mol. The standard InChI is InChI=1S/C19H22O5S2/c1-2-3-7-12-24-15-10-11-18-17(13-15)19(14-25(18,20)21)26(22,23)16-8-5-4-6-9-16/h4-6,8-11,13,19H,2-3,7,12,14H2,1H3. The molecule has 0 saturated heterocycles. The molecule has 0 aliphatic carbocycles. The first-order valence-corrected chi connectivity index (χ1v) is 11.8. The molecule has 0 amide bonds. The van der Waals surface area contributed by atoms with Crippen LogP contribution in [0.5, 0.6) is 5.75 Å². The van der Waals surface area contributed by atoms with Crippen LogP contribution < -0.4 is 4.74 Å². The van der Waals surface area contributed by atoms with Crippen molar-refractivity contribution in [2.24, 2.45) is 0 Å². The van der Waals surface area contributed by atoms with E-state index in [9.17, 15) is 16.8 Å². The number of ether oxygens (including phenoxy) is 1. The molecule has 1 heterocycles. The highest BCUT2D eigenvalue weighted by molar-refractivity contribution is 7.96. The summed E-state index contributed by atoms with van der Waals surface area (Å²) in [5, 5.41) is -1.11. The van der Waals surface area contributed by atoms with E-state index >= 15 is 0 Å². The number of hydrogen-bond donors (Lipinski definition) is 0. The molecule has 5 nitrogen and oxygen atoms in total. The maximum absolute atomic E-state index is 13.0. The lowest BCUT2D eigenvalue weighted by Crippen LogP contribution is -2.15. The molecule has 0 saturated carbocycles. The molecular weight excluding hydrogens is 372 g/mol. The Morgan fingerprint density at radius 2 is 1.81 bits per heavy atom. The van der Waals surface area contributed by atoms with Gasteiger partial charge >= 0.3 is 0 Å². The topological polar surface area (TPSA) is 77.5 Å². The summed E-state index contributed by atoms with van der Waals surface area (Å²) in [4.78, 5) is 0.213. The summed E-state index contributed by atoms with van der Waals surface area (Å²) < 4.78 is 56.6. The fraction of sp³-hybridized carbons (Fsp3) is 0.368. The van der Waals surface area contributed by atoms with Gasteiger partial charge in [-0.2, -0.15) is 0 Å². The molecule has 2 aromatic rings. The fourth-order valence-electron chi connectivity index (χ4n) is 3.10. The van der Waals surface area contributed by atoms with Gasteiger partial charge in [-0.3, -0.25) is 0 Å². The molecule has 0 radical (unpaired) electrons. The van der Waals surface area contributed by atoms with Gasteiger partial charge in [0.05, 0.1) is 22.2 Å². The van der Waals surface area contributed by atoms with E-state index in [2.05, 4.69) is 6.92 Å². The molecule has 0 spiro atoms. The molecule has 1 atom stereocenters. The van der Waals surface area contributed by atoms with Crippen molar-refractivity contribution in [3.63, 3.8) is 0 Å². The van der Waals surface area contributed by atoms with Crippen molar-refractivity contribution >= 4 is 19.7 Å². The summed E-state index contributed by atoms with van der Waals surface area (Å²) in [6, 6.07) is 12.6. The van der Waals surface area contributed by atoms with Crippen molar-refractivity contribution in [1.82, 2.24) is 0 Å². The average molecular weight is 395 g/mol. The number of hydrogen-bond acceptors (Lipinski definition) is 5. The summed E-state index contributed by atoms with van der Waals surface area (Å²) in [7, 11) is -7.43. The van der Waals surface area contributed by atoms with Gasteiger partial charge in [0.2, 0.25) is 0 Å². The van der Waals surface area contributed by atoms with Crippen molar-refractivity contribution < 1.29 is 21.6 Å². The third kappa shape index (κ3) is 3.64. The Morgan fingerprint density at radius 1 is 1.08 bits per heavy atom. The number of fused-ring (bicyclic) bond motifs is 1. The van der Waals surface area contributed by atoms with Crippen LogP contribution >= 0.6 is 0 Å². The van der Waals surface area contributed by atoms with E-state index in [4.69, 9.17) is 4.74 Å². The summed E-state index contributed by atoms with van der Waals surface area (Å²) in [6.45, 7) is 2.62. The molecule has 1 aliphatic heterocycles. The first-order chi connectivity index (χ1) is 12.4. The number of unbranched alkanes of at least 4 members (excludes halogenated alkanes) is 2. The van der Waals surface area contributed by atoms with Crippen LogP contribution in [0.4, 0.5) is 0 Å². The lowest BCUT2D eigenvalue weighted by Gasteiger charge is -2.13. The molecular formula is C19H22O5S2. The van der Waals surface area contributed by atoms with Crippen molar-refractivity contribution in [1.29, 1.82) is 0 Å². The predicted octanol–water partition coefficient (Wildman–Crippen LogP) is 3.56. The van der Waals surface area contributed by atoms with E-state index in [-0.39, 0.29) is 9.79 Å². The van der Waals surface area contributed by atoms with Gasteiger partial charge in [0.15, 0.2) is 19.7 Å². The Labute approximate surface area is 154 Å². The fourth-order valence-corrected chi connectivity index (χ4v) is 7.42. The quantitative estimate of drug-likeness (QED) is 0.671. The number of benzene rings is 2. The number of sulfone groups is 2. The smallest absolute Gasteiger partial charge is 0.186 e. The average Bonchev–Trinajstić information content (AvgIpc) is 2.91. The first-order valence-electron chi connectivity index (χ1n) is 8.64. The molecule has 0 fully saturated rings. The molecule has 2 aromatic carbocycles. The molecule has 26 heavy (non-hydrogen) atoms. The van der Waals surface area contributed by atoms with Gasteiger partial charge in [0.25, 0.3) is 0 Å². The zero-order valence-electron chi connectivity index (χ0n) is 14.6. The molecule has 1 aliphatic rings. The summed E-state index contributed by atoms with van der Waals surface area (Å²) >= 11 is 0. The van der Waals surface area contributed by atoms with Crippen LogP contribution in [0.15, 0.2) is 58.3 Å².